The van der Waals surface area contributed by atoms with E-state index >= 15 is 0 Å². The van der Waals surface area contributed by atoms with E-state index in [9.17, 15) is 0 Å². The van der Waals surface area contributed by atoms with Crippen molar-refractivity contribution in [3.8, 4) is 22.6 Å². The average Bonchev–Trinajstić information content (AvgIpc) is 3.26. The summed E-state index contributed by atoms with van der Waals surface area (Å²) in [5.41, 5.74) is 4.13. The van der Waals surface area contributed by atoms with Crippen molar-refractivity contribution in [2.45, 2.75) is 6.54 Å². The van der Waals surface area contributed by atoms with Gasteiger partial charge >= 0.3 is 0 Å². The number of hydrogen-bond donors (Lipinski definition) is 2. The van der Waals surface area contributed by atoms with Crippen molar-refractivity contribution in [1.82, 2.24) is 9.69 Å². The molecule has 1 aliphatic rings. The van der Waals surface area contributed by atoms with Crippen LogP contribution in [0.25, 0.3) is 21.2 Å². The topological polar surface area (TPSA) is 64.6 Å². The van der Waals surface area contributed by atoms with Crippen LogP contribution in [0.5, 0.6) is 11.5 Å². The number of benzene rings is 3. The molecule has 0 bridgehead atoms. The number of anilines is 2. The lowest BCUT2D eigenvalue weighted by atomic mass is 10.0. The first-order valence-corrected chi connectivity index (χ1v) is 11.9. The number of fused-ring (bicyclic) bond motifs is 2. The first-order valence-electron chi connectivity index (χ1n) is 10.8. The van der Waals surface area contributed by atoms with Gasteiger partial charge in [0.15, 0.2) is 17.3 Å². The Kier molecular flexibility index (Phi) is 6.64. The molecule has 8 heteroatoms. The SMILES string of the molecule is COCCNCc1ccc(Nc2nsc3c(-c4ccc5c(c4)OCCO5)cccc23)c(Cl)c1. The fourth-order valence-corrected chi connectivity index (χ4v) is 4.92. The summed E-state index contributed by atoms with van der Waals surface area (Å²) in [6.45, 7) is 3.36. The number of halogens is 1. The van der Waals surface area contributed by atoms with E-state index in [1.807, 2.05) is 30.3 Å². The first kappa shape index (κ1) is 22.0. The molecule has 1 aromatic heterocycles. The maximum absolute atomic E-state index is 6.57. The highest BCUT2D eigenvalue weighted by molar-refractivity contribution is 7.14. The van der Waals surface area contributed by atoms with Gasteiger partial charge in [-0.2, -0.15) is 4.37 Å². The van der Waals surface area contributed by atoms with Gasteiger partial charge < -0.3 is 24.8 Å². The Labute approximate surface area is 201 Å². The average molecular weight is 482 g/mol. The van der Waals surface area contributed by atoms with E-state index in [2.05, 4.69) is 39.3 Å². The molecular formula is C25H24ClN3O3S. The predicted octanol–water partition coefficient (Wildman–Crippen LogP) is 5.87. The van der Waals surface area contributed by atoms with Crippen LogP contribution in [-0.2, 0) is 11.3 Å². The molecule has 0 aliphatic carbocycles. The van der Waals surface area contributed by atoms with Crippen molar-refractivity contribution in [2.24, 2.45) is 0 Å². The van der Waals surface area contributed by atoms with Gasteiger partial charge in [0.25, 0.3) is 0 Å². The standard InChI is InChI=1S/C25H24ClN3O3S/c1-30-10-9-27-15-16-5-7-21(20(26)13-16)28-25-19-4-2-3-18(24(19)33-29-25)17-6-8-22-23(14-17)32-12-11-31-22/h2-8,13-14,27H,9-12,15H2,1H3,(H,28,29). The van der Waals surface area contributed by atoms with Crippen LogP contribution in [0.15, 0.2) is 54.6 Å². The summed E-state index contributed by atoms with van der Waals surface area (Å²) >= 11 is 8.03. The summed E-state index contributed by atoms with van der Waals surface area (Å²) < 4.78 is 22.3. The van der Waals surface area contributed by atoms with Gasteiger partial charge in [0.05, 0.1) is 22.0 Å². The molecule has 33 heavy (non-hydrogen) atoms. The highest BCUT2D eigenvalue weighted by atomic mass is 35.5. The monoisotopic (exact) mass is 481 g/mol. The van der Waals surface area contributed by atoms with Crippen molar-refractivity contribution in [3.05, 3.63) is 65.2 Å². The highest BCUT2D eigenvalue weighted by Gasteiger charge is 2.16. The van der Waals surface area contributed by atoms with Gasteiger partial charge in [-0.15, -0.1) is 0 Å². The molecule has 4 aromatic rings. The second kappa shape index (κ2) is 9.97. The summed E-state index contributed by atoms with van der Waals surface area (Å²) in [6.07, 6.45) is 0. The van der Waals surface area contributed by atoms with Crippen LogP contribution in [0.1, 0.15) is 5.56 Å². The van der Waals surface area contributed by atoms with Gasteiger partial charge in [-0.1, -0.05) is 35.9 Å². The number of ether oxygens (including phenoxy) is 3. The molecule has 170 valence electrons. The summed E-state index contributed by atoms with van der Waals surface area (Å²) in [5.74, 6) is 2.36. The number of hydrogen-bond acceptors (Lipinski definition) is 7. The van der Waals surface area contributed by atoms with E-state index in [0.29, 0.717) is 24.8 Å². The smallest absolute Gasteiger partial charge is 0.161 e. The Bertz CT molecular complexity index is 1280. The van der Waals surface area contributed by atoms with Crippen LogP contribution in [0, 0.1) is 0 Å². The van der Waals surface area contributed by atoms with Crippen LogP contribution in [0.4, 0.5) is 11.5 Å². The van der Waals surface area contributed by atoms with Crippen LogP contribution < -0.4 is 20.1 Å². The Morgan fingerprint density at radius 3 is 2.79 bits per heavy atom. The van der Waals surface area contributed by atoms with Crippen LogP contribution in [0.2, 0.25) is 5.02 Å². The summed E-state index contributed by atoms with van der Waals surface area (Å²) in [4.78, 5) is 0. The summed E-state index contributed by atoms with van der Waals surface area (Å²) in [7, 11) is 1.69. The molecular weight excluding hydrogens is 458 g/mol. The highest BCUT2D eigenvalue weighted by Crippen LogP contribution is 2.40. The lowest BCUT2D eigenvalue weighted by molar-refractivity contribution is 0.171. The quantitative estimate of drug-likeness (QED) is 0.307. The fraction of sp³-hybridized carbons (Fsp3) is 0.240. The van der Waals surface area contributed by atoms with Crippen molar-refractivity contribution < 1.29 is 14.2 Å². The van der Waals surface area contributed by atoms with Gasteiger partial charge in [0.2, 0.25) is 0 Å². The molecule has 1 aliphatic heterocycles. The number of rotatable bonds is 8. The molecule has 6 nitrogen and oxygen atoms in total. The third-order valence-corrected chi connectivity index (χ3v) is 6.66. The van der Waals surface area contributed by atoms with E-state index in [4.69, 9.17) is 25.8 Å². The molecule has 0 atom stereocenters. The predicted molar refractivity (Wildman–Crippen MR) is 134 cm³/mol. The molecule has 0 spiro atoms. The lowest BCUT2D eigenvalue weighted by Crippen LogP contribution is -2.18. The minimum absolute atomic E-state index is 0.568. The third kappa shape index (κ3) is 4.77. The zero-order valence-electron chi connectivity index (χ0n) is 18.2. The summed E-state index contributed by atoms with van der Waals surface area (Å²) in [6, 6.07) is 18.3. The van der Waals surface area contributed by atoms with E-state index in [1.165, 1.54) is 11.5 Å². The van der Waals surface area contributed by atoms with Crippen molar-refractivity contribution in [3.63, 3.8) is 0 Å². The van der Waals surface area contributed by atoms with Gasteiger partial charge in [-0.3, -0.25) is 0 Å². The molecule has 0 radical (unpaired) electrons. The van der Waals surface area contributed by atoms with E-state index in [1.54, 1.807) is 7.11 Å². The van der Waals surface area contributed by atoms with Crippen molar-refractivity contribution in [2.75, 3.05) is 38.8 Å². The Hall–Kier alpha value is -2.84. The summed E-state index contributed by atoms with van der Waals surface area (Å²) in [5, 5.41) is 8.45. The second-order valence-corrected chi connectivity index (χ2v) is 8.86. The first-order chi connectivity index (χ1) is 16.2. The van der Waals surface area contributed by atoms with Crippen LogP contribution in [-0.4, -0.2) is 37.8 Å². The van der Waals surface area contributed by atoms with Crippen LogP contribution >= 0.6 is 23.1 Å². The second-order valence-electron chi connectivity index (χ2n) is 7.68. The van der Waals surface area contributed by atoms with Gasteiger partial charge in [0.1, 0.15) is 13.2 Å². The molecule has 0 fully saturated rings. The van der Waals surface area contributed by atoms with Gasteiger partial charge in [-0.05, 0) is 53.0 Å². The zero-order valence-corrected chi connectivity index (χ0v) is 19.8. The minimum Gasteiger partial charge on any atom is -0.486 e. The Balaban J connectivity index is 1.38. The molecule has 5 rings (SSSR count). The molecule has 2 N–H and O–H groups in total. The molecule has 2 heterocycles. The van der Waals surface area contributed by atoms with E-state index in [0.717, 1.165) is 62.9 Å². The van der Waals surface area contributed by atoms with Crippen molar-refractivity contribution >= 4 is 44.7 Å². The normalized spacial score (nSPS) is 12.8. The zero-order chi connectivity index (χ0) is 22.6. The van der Waals surface area contributed by atoms with E-state index in [-0.39, 0.29) is 0 Å². The minimum atomic E-state index is 0.568. The fourth-order valence-electron chi connectivity index (χ4n) is 3.80. The number of aromatic nitrogens is 1. The molecule has 0 amide bonds. The van der Waals surface area contributed by atoms with Gasteiger partial charge in [-0.25, -0.2) is 0 Å². The number of methoxy groups -OCH3 is 1. The van der Waals surface area contributed by atoms with Gasteiger partial charge in [0, 0.05) is 31.1 Å². The molecule has 0 saturated heterocycles. The van der Waals surface area contributed by atoms with E-state index < -0.39 is 0 Å². The van der Waals surface area contributed by atoms with Crippen LogP contribution in [0.3, 0.4) is 0 Å². The van der Waals surface area contributed by atoms with Crippen molar-refractivity contribution in [1.29, 1.82) is 0 Å². The lowest BCUT2D eigenvalue weighted by Gasteiger charge is -2.19. The molecule has 3 aromatic carbocycles. The molecule has 0 unspecified atom stereocenters. The maximum Gasteiger partial charge on any atom is 0.161 e. The number of nitrogens with zero attached hydrogens (tertiary/aromatic N) is 1. The largest absolute Gasteiger partial charge is 0.486 e. The molecule has 0 saturated carbocycles. The Morgan fingerprint density at radius 1 is 1.06 bits per heavy atom. The maximum atomic E-state index is 6.57. The number of nitrogens with one attached hydrogen (secondary N) is 2. The Morgan fingerprint density at radius 2 is 1.94 bits per heavy atom. The third-order valence-electron chi connectivity index (χ3n) is 5.45.